The van der Waals surface area contributed by atoms with E-state index in [0.717, 1.165) is 35.4 Å². The van der Waals surface area contributed by atoms with Gasteiger partial charge >= 0.3 is 12.1 Å². The minimum Gasteiger partial charge on any atom is -0.467 e. The van der Waals surface area contributed by atoms with E-state index < -0.39 is 29.7 Å². The van der Waals surface area contributed by atoms with Crippen molar-refractivity contribution in [3.63, 3.8) is 0 Å². The zero-order chi connectivity index (χ0) is 18.9. The molecule has 4 nitrogen and oxygen atoms in total. The van der Waals surface area contributed by atoms with Crippen LogP contribution < -0.4 is 0 Å². The second-order valence-corrected chi connectivity index (χ2v) is 6.02. The molecule has 1 aliphatic rings. The molecule has 1 atom stereocenters. The Balaban J connectivity index is 1.92. The van der Waals surface area contributed by atoms with Crippen LogP contribution in [0.3, 0.4) is 0 Å². The zero-order valence-corrected chi connectivity index (χ0v) is 13.9. The maximum Gasteiger partial charge on any atom is 0.416 e. The predicted octanol–water partition coefficient (Wildman–Crippen LogP) is 3.45. The van der Waals surface area contributed by atoms with Crippen LogP contribution in [0.1, 0.15) is 27.0 Å². The maximum atomic E-state index is 12.8. The fourth-order valence-electron chi connectivity index (χ4n) is 3.05. The van der Waals surface area contributed by atoms with Crippen LogP contribution in [0.15, 0.2) is 48.5 Å². The van der Waals surface area contributed by atoms with E-state index >= 15 is 0 Å². The van der Waals surface area contributed by atoms with Crippen molar-refractivity contribution >= 4 is 11.9 Å². The second-order valence-electron chi connectivity index (χ2n) is 6.02. The number of hydrogen-bond acceptors (Lipinski definition) is 3. The molecular formula is C19H16F3NO3. The van der Waals surface area contributed by atoms with Gasteiger partial charge in [0.2, 0.25) is 0 Å². The number of fused-ring (bicyclic) bond motifs is 1. The van der Waals surface area contributed by atoms with Crippen LogP contribution in [0.25, 0.3) is 0 Å². The third-order valence-corrected chi connectivity index (χ3v) is 4.44. The first-order chi connectivity index (χ1) is 12.3. The number of ether oxygens (including phenoxy) is 1. The number of carbonyl (C=O) groups is 2. The van der Waals surface area contributed by atoms with Crippen LogP contribution in [0.5, 0.6) is 0 Å². The average Bonchev–Trinajstić information content (AvgIpc) is 2.65. The molecule has 0 N–H and O–H groups in total. The zero-order valence-electron chi connectivity index (χ0n) is 13.9. The van der Waals surface area contributed by atoms with Crippen molar-refractivity contribution in [2.24, 2.45) is 0 Å². The summed E-state index contributed by atoms with van der Waals surface area (Å²) in [6.07, 6.45) is -4.17. The molecule has 7 heteroatoms. The highest BCUT2D eigenvalue weighted by Crippen LogP contribution is 2.30. The van der Waals surface area contributed by atoms with Crippen molar-refractivity contribution in [3.8, 4) is 0 Å². The Labute approximate surface area is 148 Å². The number of alkyl halides is 3. The van der Waals surface area contributed by atoms with Crippen LogP contribution in [-0.4, -0.2) is 29.9 Å². The largest absolute Gasteiger partial charge is 0.467 e. The van der Waals surface area contributed by atoms with Crippen molar-refractivity contribution in [1.82, 2.24) is 4.90 Å². The number of hydrogen-bond donors (Lipinski definition) is 0. The van der Waals surface area contributed by atoms with E-state index in [1.165, 1.54) is 12.0 Å². The molecule has 3 rings (SSSR count). The quantitative estimate of drug-likeness (QED) is 0.768. The summed E-state index contributed by atoms with van der Waals surface area (Å²) in [5, 5.41) is 0. The number of benzene rings is 2. The summed E-state index contributed by atoms with van der Waals surface area (Å²) in [5.74, 6) is -1.07. The Morgan fingerprint density at radius 3 is 2.23 bits per heavy atom. The van der Waals surface area contributed by atoms with Crippen molar-refractivity contribution in [1.29, 1.82) is 0 Å². The summed E-state index contributed by atoms with van der Waals surface area (Å²) in [4.78, 5) is 26.3. The van der Waals surface area contributed by atoms with Gasteiger partial charge in [-0.25, -0.2) is 4.79 Å². The highest BCUT2D eigenvalue weighted by Gasteiger charge is 2.36. The van der Waals surface area contributed by atoms with Gasteiger partial charge in [0.05, 0.1) is 12.7 Å². The summed E-state index contributed by atoms with van der Waals surface area (Å²) in [6.45, 7) is 0.190. The van der Waals surface area contributed by atoms with Crippen molar-refractivity contribution in [2.45, 2.75) is 25.2 Å². The molecule has 1 amide bonds. The van der Waals surface area contributed by atoms with E-state index in [2.05, 4.69) is 0 Å². The van der Waals surface area contributed by atoms with E-state index in [9.17, 15) is 22.8 Å². The number of methoxy groups -OCH3 is 1. The Morgan fingerprint density at radius 2 is 1.65 bits per heavy atom. The lowest BCUT2D eigenvalue weighted by atomic mass is 9.93. The van der Waals surface area contributed by atoms with Gasteiger partial charge in [-0.2, -0.15) is 13.2 Å². The van der Waals surface area contributed by atoms with Crippen LogP contribution in [0.4, 0.5) is 13.2 Å². The lowest BCUT2D eigenvalue weighted by Crippen LogP contribution is -2.49. The van der Waals surface area contributed by atoms with Gasteiger partial charge in [0.15, 0.2) is 0 Å². The van der Waals surface area contributed by atoms with Crippen LogP contribution in [0, 0.1) is 0 Å². The van der Waals surface area contributed by atoms with E-state index in [-0.39, 0.29) is 12.1 Å². The molecule has 0 unspecified atom stereocenters. The smallest absolute Gasteiger partial charge is 0.416 e. The lowest BCUT2D eigenvalue weighted by Gasteiger charge is -2.35. The molecule has 26 heavy (non-hydrogen) atoms. The second kappa shape index (κ2) is 6.82. The lowest BCUT2D eigenvalue weighted by molar-refractivity contribution is -0.146. The van der Waals surface area contributed by atoms with Gasteiger partial charge < -0.3 is 9.64 Å². The van der Waals surface area contributed by atoms with Gasteiger partial charge in [0.25, 0.3) is 5.91 Å². The fourth-order valence-corrected chi connectivity index (χ4v) is 3.05. The molecule has 136 valence electrons. The first-order valence-corrected chi connectivity index (χ1v) is 7.94. The summed E-state index contributed by atoms with van der Waals surface area (Å²) in [6, 6.07) is 10.6. The number of esters is 1. The molecule has 0 fully saturated rings. The molecule has 0 bridgehead atoms. The molecular weight excluding hydrogens is 347 g/mol. The molecule has 0 saturated carbocycles. The summed E-state index contributed by atoms with van der Waals surface area (Å²) >= 11 is 0. The monoisotopic (exact) mass is 363 g/mol. The topological polar surface area (TPSA) is 46.6 Å². The summed E-state index contributed by atoms with van der Waals surface area (Å²) < 4.78 is 42.9. The van der Waals surface area contributed by atoms with Gasteiger partial charge in [-0.1, -0.05) is 24.3 Å². The maximum absolute atomic E-state index is 12.8. The number of carbonyl (C=O) groups excluding carboxylic acids is 2. The summed E-state index contributed by atoms with van der Waals surface area (Å²) in [5.41, 5.74) is 1.10. The minimum atomic E-state index is -4.47. The fraction of sp³-hybridized carbons (Fsp3) is 0.263. The van der Waals surface area contributed by atoms with Crippen molar-refractivity contribution in [2.75, 3.05) is 7.11 Å². The Bertz CT molecular complexity index is 831. The van der Waals surface area contributed by atoms with Crippen LogP contribution in [0.2, 0.25) is 0 Å². The Hall–Kier alpha value is -2.83. The molecule has 0 saturated heterocycles. The van der Waals surface area contributed by atoms with Crippen molar-refractivity contribution < 1.29 is 27.5 Å². The van der Waals surface area contributed by atoms with Gasteiger partial charge in [0.1, 0.15) is 6.04 Å². The van der Waals surface area contributed by atoms with Crippen molar-refractivity contribution in [3.05, 3.63) is 70.8 Å². The van der Waals surface area contributed by atoms with E-state index in [1.807, 2.05) is 24.3 Å². The van der Waals surface area contributed by atoms with E-state index in [1.54, 1.807) is 0 Å². The molecule has 0 radical (unpaired) electrons. The van der Waals surface area contributed by atoms with Gasteiger partial charge in [-0.05, 0) is 35.4 Å². The number of amides is 1. The standard InChI is InChI=1S/C19H16F3NO3/c1-26-18(25)16-10-13-4-2-3-5-14(13)11-23(16)17(24)12-6-8-15(9-7-12)19(20,21)22/h2-9,16H,10-11H2,1H3/t16-/m0/s1. The van der Waals surface area contributed by atoms with Crippen LogP contribution >= 0.6 is 0 Å². The minimum absolute atomic E-state index is 0.0892. The number of nitrogens with zero attached hydrogens (tertiary/aromatic N) is 1. The molecule has 0 spiro atoms. The van der Waals surface area contributed by atoms with Gasteiger partial charge in [-0.3, -0.25) is 4.79 Å². The first-order valence-electron chi connectivity index (χ1n) is 7.94. The molecule has 0 aromatic heterocycles. The van der Waals surface area contributed by atoms with Gasteiger partial charge in [-0.15, -0.1) is 0 Å². The highest BCUT2D eigenvalue weighted by atomic mass is 19.4. The van der Waals surface area contributed by atoms with E-state index in [0.29, 0.717) is 6.42 Å². The molecule has 1 heterocycles. The highest BCUT2D eigenvalue weighted by molar-refractivity contribution is 5.97. The average molecular weight is 363 g/mol. The Kier molecular flexibility index (Phi) is 4.71. The third kappa shape index (κ3) is 3.42. The predicted molar refractivity (Wildman–Crippen MR) is 87.3 cm³/mol. The normalized spacial score (nSPS) is 16.8. The molecule has 2 aromatic rings. The van der Waals surface area contributed by atoms with Crippen LogP contribution in [-0.2, 0) is 28.7 Å². The molecule has 2 aromatic carbocycles. The SMILES string of the molecule is COC(=O)[C@@H]1Cc2ccccc2CN1C(=O)c1ccc(C(F)(F)F)cc1. The molecule has 0 aliphatic carbocycles. The number of halogens is 3. The Morgan fingerprint density at radius 1 is 1.04 bits per heavy atom. The number of rotatable bonds is 2. The third-order valence-electron chi connectivity index (χ3n) is 4.44. The first kappa shape index (κ1) is 18.0. The summed E-state index contributed by atoms with van der Waals surface area (Å²) in [7, 11) is 1.24. The van der Waals surface area contributed by atoms with E-state index in [4.69, 9.17) is 4.74 Å². The molecule has 1 aliphatic heterocycles. The van der Waals surface area contributed by atoms with Gasteiger partial charge in [0, 0.05) is 18.5 Å².